The van der Waals surface area contributed by atoms with E-state index in [0.29, 0.717) is 22.3 Å². The number of rotatable bonds is 5. The summed E-state index contributed by atoms with van der Waals surface area (Å²) in [4.78, 5) is 0. The summed E-state index contributed by atoms with van der Waals surface area (Å²) >= 11 is 12.1. The van der Waals surface area contributed by atoms with Crippen LogP contribution in [-0.4, -0.2) is 10.2 Å². The third-order valence-electron chi connectivity index (χ3n) is 3.55. The summed E-state index contributed by atoms with van der Waals surface area (Å²) in [7, 11) is 0. The van der Waals surface area contributed by atoms with Crippen LogP contribution in [-0.2, 0) is 6.54 Å². The molecule has 3 N–H and O–H groups in total. The molecule has 0 unspecified atom stereocenters. The lowest BCUT2D eigenvalue weighted by molar-refractivity contribution is 0.411. The van der Waals surface area contributed by atoms with Gasteiger partial charge in [-0.05, 0) is 36.4 Å². The molecule has 6 heteroatoms. The van der Waals surface area contributed by atoms with Gasteiger partial charge in [0.1, 0.15) is 11.5 Å². The topological polar surface area (TPSA) is 61.7 Å². The van der Waals surface area contributed by atoms with Crippen LogP contribution in [0.15, 0.2) is 60.7 Å². The zero-order valence-corrected chi connectivity index (χ0v) is 14.6. The van der Waals surface area contributed by atoms with Crippen molar-refractivity contribution in [2.75, 3.05) is 5.32 Å². The third-order valence-corrected chi connectivity index (χ3v) is 4.08. The SMILES string of the molecule is Oc1ccccc1CNc1ccc(Oc2ccc(Cl)cc2O)c(Cl)c1. The number of hydrogen-bond acceptors (Lipinski definition) is 4. The van der Waals surface area contributed by atoms with Crippen LogP contribution in [0.4, 0.5) is 5.69 Å². The van der Waals surface area contributed by atoms with E-state index < -0.39 is 0 Å². The van der Waals surface area contributed by atoms with E-state index in [1.54, 1.807) is 42.5 Å². The van der Waals surface area contributed by atoms with Crippen LogP contribution in [0.2, 0.25) is 10.0 Å². The first-order valence-corrected chi connectivity index (χ1v) is 8.25. The van der Waals surface area contributed by atoms with Crippen LogP contribution in [0.3, 0.4) is 0 Å². The summed E-state index contributed by atoms with van der Waals surface area (Å²) in [6, 6.07) is 16.9. The van der Waals surface area contributed by atoms with E-state index in [2.05, 4.69) is 5.32 Å². The molecule has 4 nitrogen and oxygen atoms in total. The van der Waals surface area contributed by atoms with Crippen molar-refractivity contribution in [3.05, 3.63) is 76.3 Å². The van der Waals surface area contributed by atoms with Crippen molar-refractivity contribution in [2.45, 2.75) is 6.54 Å². The van der Waals surface area contributed by atoms with Crippen molar-refractivity contribution in [3.8, 4) is 23.0 Å². The Morgan fingerprint density at radius 2 is 1.60 bits per heavy atom. The number of anilines is 1. The number of ether oxygens (including phenoxy) is 1. The van der Waals surface area contributed by atoms with E-state index in [4.69, 9.17) is 27.9 Å². The lowest BCUT2D eigenvalue weighted by atomic mass is 10.2. The zero-order valence-electron chi connectivity index (χ0n) is 13.0. The highest BCUT2D eigenvalue weighted by Gasteiger charge is 2.09. The Bertz CT molecular complexity index is 900. The molecule has 3 aromatic carbocycles. The maximum absolute atomic E-state index is 9.85. The fraction of sp³-hybridized carbons (Fsp3) is 0.0526. The minimum absolute atomic E-state index is 0.0645. The zero-order chi connectivity index (χ0) is 17.8. The summed E-state index contributed by atoms with van der Waals surface area (Å²) in [5.41, 5.74) is 1.56. The average molecular weight is 376 g/mol. The smallest absolute Gasteiger partial charge is 0.169 e. The minimum atomic E-state index is -0.0645. The molecule has 0 aliphatic rings. The second-order valence-corrected chi connectivity index (χ2v) is 6.19. The van der Waals surface area contributed by atoms with Crippen molar-refractivity contribution in [3.63, 3.8) is 0 Å². The maximum Gasteiger partial charge on any atom is 0.169 e. The van der Waals surface area contributed by atoms with Gasteiger partial charge >= 0.3 is 0 Å². The van der Waals surface area contributed by atoms with Crippen LogP contribution in [0, 0.1) is 0 Å². The van der Waals surface area contributed by atoms with Gasteiger partial charge in [0.2, 0.25) is 0 Å². The third kappa shape index (κ3) is 4.29. The van der Waals surface area contributed by atoms with Gasteiger partial charge in [-0.25, -0.2) is 0 Å². The fourth-order valence-electron chi connectivity index (χ4n) is 2.25. The minimum Gasteiger partial charge on any atom is -0.508 e. The highest BCUT2D eigenvalue weighted by Crippen LogP contribution is 2.37. The molecule has 0 amide bonds. The molecule has 128 valence electrons. The molecule has 3 rings (SSSR count). The molecule has 0 spiro atoms. The molecule has 0 aliphatic heterocycles. The van der Waals surface area contributed by atoms with E-state index in [1.807, 2.05) is 12.1 Å². The predicted octanol–water partition coefficient (Wildman–Crippen LogP) is 5.81. The second-order valence-electron chi connectivity index (χ2n) is 5.34. The molecule has 0 aromatic heterocycles. The lowest BCUT2D eigenvalue weighted by Gasteiger charge is -2.12. The van der Waals surface area contributed by atoms with E-state index >= 15 is 0 Å². The van der Waals surface area contributed by atoms with Crippen molar-refractivity contribution in [1.29, 1.82) is 0 Å². The molecule has 0 aliphatic carbocycles. The molecular weight excluding hydrogens is 361 g/mol. The number of halogens is 2. The van der Waals surface area contributed by atoms with Gasteiger partial charge in [-0.2, -0.15) is 0 Å². The molecule has 0 bridgehead atoms. The Morgan fingerprint density at radius 1 is 0.840 bits per heavy atom. The average Bonchev–Trinajstić information content (AvgIpc) is 2.58. The van der Waals surface area contributed by atoms with Gasteiger partial charge in [-0.3, -0.25) is 0 Å². The van der Waals surface area contributed by atoms with Crippen LogP contribution >= 0.6 is 23.2 Å². The van der Waals surface area contributed by atoms with Crippen LogP contribution in [0.5, 0.6) is 23.0 Å². The Balaban J connectivity index is 1.71. The van der Waals surface area contributed by atoms with Gasteiger partial charge in [0, 0.05) is 28.9 Å². The number of hydrogen-bond donors (Lipinski definition) is 3. The molecule has 0 heterocycles. The largest absolute Gasteiger partial charge is 0.508 e. The van der Waals surface area contributed by atoms with E-state index in [0.717, 1.165) is 11.3 Å². The van der Waals surface area contributed by atoms with Crippen LogP contribution in [0.25, 0.3) is 0 Å². The number of para-hydroxylation sites is 1. The van der Waals surface area contributed by atoms with Crippen molar-refractivity contribution < 1.29 is 14.9 Å². The first-order chi connectivity index (χ1) is 12.0. The first kappa shape index (κ1) is 17.3. The monoisotopic (exact) mass is 375 g/mol. The molecular formula is C19H15Cl2NO3. The fourth-order valence-corrected chi connectivity index (χ4v) is 2.63. The van der Waals surface area contributed by atoms with Gasteiger partial charge in [-0.15, -0.1) is 0 Å². The Labute approximate surface area is 155 Å². The quantitative estimate of drug-likeness (QED) is 0.526. The Morgan fingerprint density at radius 3 is 2.32 bits per heavy atom. The van der Waals surface area contributed by atoms with Crippen LogP contribution < -0.4 is 10.1 Å². The summed E-state index contributed by atoms with van der Waals surface area (Å²) in [5.74, 6) is 0.846. The summed E-state index contributed by atoms with van der Waals surface area (Å²) in [6.45, 7) is 0.460. The molecule has 0 saturated carbocycles. The van der Waals surface area contributed by atoms with Gasteiger partial charge in [0.05, 0.1) is 5.02 Å². The number of phenols is 2. The summed E-state index contributed by atoms with van der Waals surface area (Å²) in [5, 5.41) is 23.6. The molecule has 0 atom stereocenters. The van der Waals surface area contributed by atoms with E-state index in [1.165, 1.54) is 6.07 Å². The first-order valence-electron chi connectivity index (χ1n) is 7.49. The predicted molar refractivity (Wildman–Crippen MR) is 100 cm³/mol. The number of nitrogens with one attached hydrogen (secondary N) is 1. The van der Waals surface area contributed by atoms with Gasteiger partial charge in [-0.1, -0.05) is 41.4 Å². The van der Waals surface area contributed by atoms with Crippen molar-refractivity contribution in [2.24, 2.45) is 0 Å². The summed E-state index contributed by atoms with van der Waals surface area (Å²) in [6.07, 6.45) is 0. The van der Waals surface area contributed by atoms with Gasteiger partial charge in [0.15, 0.2) is 11.5 Å². The number of phenolic OH excluding ortho intramolecular Hbond substituents is 2. The molecule has 25 heavy (non-hydrogen) atoms. The molecule has 0 fully saturated rings. The normalized spacial score (nSPS) is 10.5. The highest BCUT2D eigenvalue weighted by molar-refractivity contribution is 6.32. The lowest BCUT2D eigenvalue weighted by Crippen LogP contribution is -1.99. The molecule has 0 saturated heterocycles. The van der Waals surface area contributed by atoms with E-state index in [-0.39, 0.29) is 17.2 Å². The molecule has 0 radical (unpaired) electrons. The van der Waals surface area contributed by atoms with Gasteiger partial charge < -0.3 is 20.3 Å². The van der Waals surface area contributed by atoms with E-state index in [9.17, 15) is 10.2 Å². The Kier molecular flexibility index (Phi) is 5.22. The highest BCUT2D eigenvalue weighted by atomic mass is 35.5. The maximum atomic E-state index is 9.85. The standard InChI is InChI=1S/C19H15Cl2NO3/c20-13-5-7-19(17(24)9-13)25-18-8-6-14(10-15(18)21)22-11-12-3-1-2-4-16(12)23/h1-10,22-24H,11H2. The molecule has 3 aromatic rings. The number of aromatic hydroxyl groups is 2. The van der Waals surface area contributed by atoms with Gasteiger partial charge in [0.25, 0.3) is 0 Å². The second kappa shape index (κ2) is 7.55. The van der Waals surface area contributed by atoms with Crippen molar-refractivity contribution >= 4 is 28.9 Å². The number of benzene rings is 3. The summed E-state index contributed by atoms with van der Waals surface area (Å²) < 4.78 is 5.62. The Hall–Kier alpha value is -2.56. The van der Waals surface area contributed by atoms with Crippen molar-refractivity contribution in [1.82, 2.24) is 0 Å². The van der Waals surface area contributed by atoms with Crippen LogP contribution in [0.1, 0.15) is 5.56 Å².